The van der Waals surface area contributed by atoms with Crippen molar-refractivity contribution in [1.29, 1.82) is 0 Å². The molecule has 1 aliphatic rings. The lowest BCUT2D eigenvalue weighted by molar-refractivity contribution is -0.248. The first-order valence-electron chi connectivity index (χ1n) is 4.29. The van der Waals surface area contributed by atoms with Gasteiger partial charge in [0, 0.05) is 0 Å². The molecule has 0 amide bonds. The van der Waals surface area contributed by atoms with Gasteiger partial charge in [-0.05, 0) is 0 Å². The van der Waals surface area contributed by atoms with E-state index in [2.05, 4.69) is 0 Å². The van der Waals surface area contributed by atoms with Crippen LogP contribution in [-0.4, -0.2) is 74.0 Å². The molecule has 1 saturated heterocycles. The minimum Gasteiger partial charge on any atom is -0.450 e. The van der Waals surface area contributed by atoms with E-state index in [9.17, 15) is 10.2 Å². The summed E-state index contributed by atoms with van der Waals surface area (Å²) in [4.78, 5) is 8.56. The Kier molecular flexibility index (Phi) is 6.18. The van der Waals surface area contributed by atoms with E-state index >= 15 is 0 Å². The molecular weight excluding hydrogens is 226 g/mol. The van der Waals surface area contributed by atoms with Crippen molar-refractivity contribution in [2.75, 3.05) is 6.61 Å². The van der Waals surface area contributed by atoms with Crippen LogP contribution in [-0.2, 0) is 4.74 Å². The van der Waals surface area contributed by atoms with Crippen molar-refractivity contribution >= 4 is 6.16 Å². The van der Waals surface area contributed by atoms with Crippen molar-refractivity contribution in [3.63, 3.8) is 0 Å². The molecule has 0 saturated carbocycles. The van der Waals surface area contributed by atoms with Gasteiger partial charge in [-0.25, -0.2) is 4.79 Å². The normalized spacial score (nSPS) is 38.4. The van der Waals surface area contributed by atoms with Gasteiger partial charge in [-0.15, -0.1) is 0 Å². The van der Waals surface area contributed by atoms with Crippen molar-refractivity contribution in [2.24, 2.45) is 5.73 Å². The van der Waals surface area contributed by atoms with E-state index in [0.717, 1.165) is 0 Å². The van der Waals surface area contributed by atoms with Crippen LogP contribution in [0.5, 0.6) is 0 Å². The molecule has 5 atom stereocenters. The van der Waals surface area contributed by atoms with Gasteiger partial charge >= 0.3 is 6.16 Å². The maximum Gasteiger partial charge on any atom is 0.503 e. The van der Waals surface area contributed by atoms with E-state index in [-0.39, 0.29) is 0 Å². The number of rotatable bonds is 1. The fraction of sp³-hybridized carbons (Fsp3) is 0.857. The first-order chi connectivity index (χ1) is 7.31. The first-order valence-corrected chi connectivity index (χ1v) is 4.29. The second-order valence-corrected chi connectivity index (χ2v) is 3.09. The van der Waals surface area contributed by atoms with Gasteiger partial charge in [-0.1, -0.05) is 0 Å². The first kappa shape index (κ1) is 15.0. The summed E-state index contributed by atoms with van der Waals surface area (Å²) in [6, 6.07) is -1.04. The second kappa shape index (κ2) is 6.58. The van der Waals surface area contributed by atoms with Crippen LogP contribution in [0.2, 0.25) is 0 Å². The third-order valence-electron chi connectivity index (χ3n) is 1.95. The summed E-state index contributed by atoms with van der Waals surface area (Å²) < 4.78 is 4.70. The van der Waals surface area contributed by atoms with Gasteiger partial charge in [0.2, 0.25) is 0 Å². The van der Waals surface area contributed by atoms with Crippen molar-refractivity contribution in [3.05, 3.63) is 0 Å². The van der Waals surface area contributed by atoms with Crippen LogP contribution in [0.3, 0.4) is 0 Å². The topological polar surface area (TPSA) is 174 Å². The number of hydrogen-bond acceptors (Lipinski definition) is 7. The summed E-state index contributed by atoms with van der Waals surface area (Å²) in [7, 11) is 0. The Morgan fingerprint density at radius 3 is 2.00 bits per heavy atom. The Morgan fingerprint density at radius 1 is 1.19 bits per heavy atom. The molecule has 0 aromatic carbocycles. The molecule has 9 nitrogen and oxygen atoms in total. The molecule has 1 heterocycles. The van der Waals surface area contributed by atoms with Crippen molar-refractivity contribution < 1.29 is 40.2 Å². The Labute approximate surface area is 90.3 Å². The predicted molar refractivity (Wildman–Crippen MR) is 48.6 cm³/mol. The number of hydrogen-bond donors (Lipinski definition) is 7. The molecule has 0 spiro atoms. The van der Waals surface area contributed by atoms with Gasteiger partial charge in [0.05, 0.1) is 12.6 Å². The smallest absolute Gasteiger partial charge is 0.450 e. The summed E-state index contributed by atoms with van der Waals surface area (Å²) in [6.07, 6.45) is -6.69. The summed E-state index contributed by atoms with van der Waals surface area (Å²) in [6.45, 7) is -0.470. The van der Waals surface area contributed by atoms with Crippen LogP contribution >= 0.6 is 0 Å². The molecule has 1 unspecified atom stereocenters. The van der Waals surface area contributed by atoms with Crippen LogP contribution in [0.25, 0.3) is 0 Å². The predicted octanol–water partition coefficient (Wildman–Crippen LogP) is -3.03. The largest absolute Gasteiger partial charge is 0.503 e. The number of ether oxygens (including phenoxy) is 1. The fourth-order valence-corrected chi connectivity index (χ4v) is 1.12. The standard InChI is InChI=1S/C6H13NO5.CH2O3/c7-3-5(10)4(9)2(1-8)12-6(3)11;2-1(3)4/h2-6,8-11H,1,7H2;(H2,2,3,4)/t2-,3-,4+,5-,6?;/m1./s1. The van der Waals surface area contributed by atoms with Gasteiger partial charge in [0.25, 0.3) is 0 Å². The molecule has 1 rings (SSSR count). The molecule has 0 aromatic heterocycles. The summed E-state index contributed by atoms with van der Waals surface area (Å²) in [5, 5.41) is 50.0. The molecule has 0 radical (unpaired) electrons. The third-order valence-corrected chi connectivity index (χ3v) is 1.95. The van der Waals surface area contributed by atoms with Crippen LogP contribution in [0, 0.1) is 0 Å². The van der Waals surface area contributed by atoms with Crippen molar-refractivity contribution in [1.82, 2.24) is 0 Å². The minimum absolute atomic E-state index is 0.470. The van der Waals surface area contributed by atoms with Crippen LogP contribution < -0.4 is 5.73 Å². The minimum atomic E-state index is -1.83. The quantitative estimate of drug-likeness (QED) is 0.252. The molecular formula is C7H15NO8. The highest BCUT2D eigenvalue weighted by atomic mass is 16.6. The Bertz CT molecular complexity index is 216. The molecule has 0 aliphatic carbocycles. The average molecular weight is 241 g/mol. The Balaban J connectivity index is 0.000000487. The van der Waals surface area contributed by atoms with Gasteiger partial charge in [-0.2, -0.15) is 0 Å². The lowest BCUT2D eigenvalue weighted by Gasteiger charge is -2.38. The Morgan fingerprint density at radius 2 is 1.62 bits per heavy atom. The maximum absolute atomic E-state index is 9.20. The average Bonchev–Trinajstić information content (AvgIpc) is 2.19. The van der Waals surface area contributed by atoms with Gasteiger partial charge in [0.15, 0.2) is 6.29 Å². The molecule has 1 aliphatic heterocycles. The lowest BCUT2D eigenvalue weighted by Crippen LogP contribution is -2.61. The van der Waals surface area contributed by atoms with Crippen LogP contribution in [0.15, 0.2) is 0 Å². The fourth-order valence-electron chi connectivity index (χ4n) is 1.12. The molecule has 0 bridgehead atoms. The van der Waals surface area contributed by atoms with Gasteiger partial charge in [-0.3, -0.25) is 0 Å². The number of carbonyl (C=O) groups is 1. The number of nitrogens with two attached hydrogens (primary N) is 1. The zero-order valence-electron chi connectivity index (χ0n) is 8.17. The highest BCUT2D eigenvalue weighted by Crippen LogP contribution is 2.17. The zero-order chi connectivity index (χ0) is 12.9. The van der Waals surface area contributed by atoms with E-state index in [4.69, 9.17) is 35.7 Å². The summed E-state index contributed by atoms with van der Waals surface area (Å²) in [5.41, 5.74) is 5.26. The highest BCUT2D eigenvalue weighted by Gasteiger charge is 2.41. The van der Waals surface area contributed by atoms with Crippen molar-refractivity contribution in [2.45, 2.75) is 30.6 Å². The van der Waals surface area contributed by atoms with E-state index in [1.54, 1.807) is 0 Å². The second-order valence-electron chi connectivity index (χ2n) is 3.09. The highest BCUT2D eigenvalue weighted by molar-refractivity contribution is 5.53. The van der Waals surface area contributed by atoms with Crippen molar-refractivity contribution in [3.8, 4) is 0 Å². The zero-order valence-corrected chi connectivity index (χ0v) is 8.17. The molecule has 16 heavy (non-hydrogen) atoms. The number of aliphatic hydroxyl groups excluding tert-OH is 4. The Hall–Kier alpha value is -0.970. The van der Waals surface area contributed by atoms with E-state index in [1.165, 1.54) is 0 Å². The molecule has 8 N–H and O–H groups in total. The summed E-state index contributed by atoms with van der Waals surface area (Å²) >= 11 is 0. The molecule has 0 aromatic rings. The third kappa shape index (κ3) is 4.26. The van der Waals surface area contributed by atoms with E-state index in [0.29, 0.717) is 0 Å². The SMILES string of the molecule is N[C@H]1C(O)O[C@H](CO)[C@H](O)[C@@H]1O.O=C(O)O. The number of aliphatic hydroxyl groups is 4. The summed E-state index contributed by atoms with van der Waals surface area (Å²) in [5.74, 6) is 0. The number of carboxylic acid groups (broad SMARTS) is 2. The van der Waals surface area contributed by atoms with Gasteiger partial charge in [0.1, 0.15) is 18.3 Å². The lowest BCUT2D eigenvalue weighted by atomic mass is 9.98. The molecule has 1 fully saturated rings. The van der Waals surface area contributed by atoms with Crippen LogP contribution in [0.4, 0.5) is 4.79 Å². The van der Waals surface area contributed by atoms with Gasteiger partial charge < -0.3 is 41.1 Å². The maximum atomic E-state index is 9.20. The van der Waals surface area contributed by atoms with E-state index in [1.807, 2.05) is 0 Å². The monoisotopic (exact) mass is 241 g/mol. The molecule has 9 heteroatoms. The van der Waals surface area contributed by atoms with Crippen LogP contribution in [0.1, 0.15) is 0 Å². The molecule has 96 valence electrons. The van der Waals surface area contributed by atoms with E-state index < -0.39 is 43.4 Å².